The standard InChI is InChI=1S/2C8H8N2.C7H6N2.7CH4/c1-10-6-2-3-7-4-5-9-8(7)10;1-6-2-3-7-4-5-9-8(7)10-6;1-2-6-3-5-9-7(6)8-4-1;;;;;;;/h2-6H,1H3;2-5H,1H3,(H,9,10);1-5H,(H,8,9);7*1H4/p+1. The molecule has 3 N–H and O–H groups in total. The van der Waals surface area contributed by atoms with Crippen LogP contribution in [0.3, 0.4) is 0 Å². The molecule has 0 aliphatic heterocycles. The second kappa shape index (κ2) is 18.4. The Hall–Kier alpha value is -3.93. The Bertz CT molecular complexity index is 1310. The lowest BCUT2D eigenvalue weighted by Crippen LogP contribution is -2.27. The zero-order valence-electron chi connectivity index (χ0n) is 16.4. The lowest BCUT2D eigenvalue weighted by Gasteiger charge is -1.89. The molecule has 6 heteroatoms. The first-order chi connectivity index (χ1) is 14.2. The monoisotopic (exact) mass is 495 g/mol. The summed E-state index contributed by atoms with van der Waals surface area (Å²) in [6.45, 7) is 1.99. The molecule has 0 aliphatic carbocycles. The summed E-state index contributed by atoms with van der Waals surface area (Å²) >= 11 is 0. The molecule has 0 amide bonds. The van der Waals surface area contributed by atoms with Crippen molar-refractivity contribution in [2.45, 2.75) is 58.9 Å². The quantitative estimate of drug-likeness (QED) is 0.184. The average molecular weight is 496 g/mol. The van der Waals surface area contributed by atoms with Gasteiger partial charge < -0.3 is 9.97 Å². The number of aromatic amines is 3. The van der Waals surface area contributed by atoms with E-state index < -0.39 is 0 Å². The van der Waals surface area contributed by atoms with E-state index in [1.165, 1.54) is 16.4 Å². The summed E-state index contributed by atoms with van der Waals surface area (Å²) in [5.41, 5.74) is 4.15. The maximum absolute atomic E-state index is 4.28. The van der Waals surface area contributed by atoms with Gasteiger partial charge in [-0.25, -0.2) is 19.5 Å². The molecule has 6 heterocycles. The Morgan fingerprint density at radius 1 is 0.611 bits per heavy atom. The summed E-state index contributed by atoms with van der Waals surface area (Å²) in [5, 5.41) is 3.59. The zero-order valence-corrected chi connectivity index (χ0v) is 16.4. The lowest BCUT2D eigenvalue weighted by atomic mass is 10.3. The van der Waals surface area contributed by atoms with Crippen LogP contribution in [0.5, 0.6) is 0 Å². The highest BCUT2D eigenvalue weighted by Crippen LogP contribution is 2.09. The summed E-state index contributed by atoms with van der Waals surface area (Å²) in [7, 11) is 2.03. The second-order valence-corrected chi connectivity index (χ2v) is 6.69. The number of H-pyrrole nitrogens is 3. The smallest absolute Gasteiger partial charge is 0.286 e. The van der Waals surface area contributed by atoms with Crippen molar-refractivity contribution >= 4 is 33.1 Å². The molecule has 0 aliphatic rings. The van der Waals surface area contributed by atoms with Gasteiger partial charge in [0, 0.05) is 35.1 Å². The van der Waals surface area contributed by atoms with Gasteiger partial charge >= 0.3 is 0 Å². The van der Waals surface area contributed by atoms with Crippen molar-refractivity contribution in [3.05, 3.63) is 91.3 Å². The number of hydrogen-bond acceptors (Lipinski definition) is 2. The molecular weight excluding hydrogens is 444 g/mol. The number of rotatable bonds is 0. The minimum Gasteiger partial charge on any atom is -0.346 e. The number of nitrogens with one attached hydrogen (secondary N) is 3. The molecule has 0 bridgehead atoms. The van der Waals surface area contributed by atoms with E-state index in [1.807, 2.05) is 75.2 Å². The average Bonchev–Trinajstić information content (AvgIpc) is 3.49. The third-order valence-corrected chi connectivity index (χ3v) is 4.57. The SMILES string of the molecule is C.C.C.C.C.C.C.C[n+]1cccc2cc[nH]c21.Cc1ccc2cc[nH]c2n1.c1cnc2[nH]ccc2c1. The molecule has 6 rings (SSSR count). The fraction of sp³-hybridized carbons (Fsp3) is 0.300. The number of aromatic nitrogens is 6. The number of hydrogen-bond donors (Lipinski definition) is 3. The third-order valence-electron chi connectivity index (χ3n) is 4.57. The van der Waals surface area contributed by atoms with Gasteiger partial charge in [0.1, 0.15) is 11.3 Å². The number of nitrogens with zero attached hydrogens (tertiary/aromatic N) is 3. The molecule has 0 unspecified atom stereocenters. The second-order valence-electron chi connectivity index (χ2n) is 6.69. The first-order valence-electron chi connectivity index (χ1n) is 9.41. The Balaban J connectivity index is -0.000000195. The zero-order chi connectivity index (χ0) is 20.1. The van der Waals surface area contributed by atoms with E-state index >= 15 is 0 Å². The topological polar surface area (TPSA) is 77.0 Å². The van der Waals surface area contributed by atoms with Crippen molar-refractivity contribution in [3.63, 3.8) is 0 Å². The van der Waals surface area contributed by atoms with Crippen LogP contribution in [0.25, 0.3) is 33.1 Å². The van der Waals surface area contributed by atoms with E-state index in [-0.39, 0.29) is 52.0 Å². The van der Waals surface area contributed by atoms with Crippen molar-refractivity contribution in [2.75, 3.05) is 0 Å². The van der Waals surface area contributed by atoms with Crippen LogP contribution in [-0.2, 0) is 7.05 Å². The van der Waals surface area contributed by atoms with Crippen molar-refractivity contribution in [1.29, 1.82) is 0 Å². The minimum atomic E-state index is 0. The molecule has 0 atom stereocenters. The molecule has 0 spiro atoms. The third kappa shape index (κ3) is 9.37. The molecule has 0 radical (unpaired) electrons. The summed E-state index contributed by atoms with van der Waals surface area (Å²) < 4.78 is 2.06. The van der Waals surface area contributed by atoms with Gasteiger partial charge in [-0.3, -0.25) is 0 Å². The summed E-state index contributed by atoms with van der Waals surface area (Å²) in [4.78, 5) is 17.6. The van der Waals surface area contributed by atoms with E-state index in [0.29, 0.717) is 0 Å². The van der Waals surface area contributed by atoms with Gasteiger partial charge in [-0.1, -0.05) is 52.0 Å². The normalized spacial score (nSPS) is 8.39. The Kier molecular flexibility index (Phi) is 20.1. The fourth-order valence-corrected chi connectivity index (χ4v) is 3.07. The van der Waals surface area contributed by atoms with Crippen molar-refractivity contribution < 1.29 is 4.57 Å². The van der Waals surface area contributed by atoms with E-state index in [2.05, 4.69) is 47.7 Å². The largest absolute Gasteiger partial charge is 0.346 e. The van der Waals surface area contributed by atoms with Gasteiger partial charge in [0.15, 0.2) is 0 Å². The number of aryl methyl sites for hydroxylation is 2. The van der Waals surface area contributed by atoms with E-state index in [0.717, 1.165) is 22.4 Å². The summed E-state index contributed by atoms with van der Waals surface area (Å²) in [5.74, 6) is 0. The highest BCUT2D eigenvalue weighted by molar-refractivity contribution is 5.75. The van der Waals surface area contributed by atoms with Crippen LogP contribution in [-0.4, -0.2) is 24.9 Å². The minimum absolute atomic E-state index is 0. The van der Waals surface area contributed by atoms with Gasteiger partial charge in [-0.2, -0.15) is 0 Å². The Labute approximate surface area is 219 Å². The Morgan fingerprint density at radius 2 is 1.17 bits per heavy atom. The predicted octanol–water partition coefficient (Wildman–Crippen LogP) is 8.88. The van der Waals surface area contributed by atoms with Crippen LogP contribution in [0.4, 0.5) is 0 Å². The number of fused-ring (bicyclic) bond motifs is 3. The number of pyridine rings is 3. The van der Waals surface area contributed by atoms with E-state index in [1.54, 1.807) is 6.20 Å². The van der Waals surface area contributed by atoms with Gasteiger partial charge in [0.2, 0.25) is 0 Å². The van der Waals surface area contributed by atoms with Crippen LogP contribution < -0.4 is 4.57 Å². The maximum Gasteiger partial charge on any atom is 0.286 e. The molecule has 0 fully saturated rings. The lowest BCUT2D eigenvalue weighted by molar-refractivity contribution is -0.646. The van der Waals surface area contributed by atoms with Crippen molar-refractivity contribution in [2.24, 2.45) is 7.05 Å². The molecule has 6 aromatic rings. The van der Waals surface area contributed by atoms with Gasteiger partial charge in [0.05, 0.1) is 24.8 Å². The highest BCUT2D eigenvalue weighted by Gasteiger charge is 2.00. The first-order valence-corrected chi connectivity index (χ1v) is 9.41. The van der Waals surface area contributed by atoms with Crippen molar-refractivity contribution in [3.8, 4) is 0 Å². The van der Waals surface area contributed by atoms with Crippen molar-refractivity contribution in [1.82, 2.24) is 24.9 Å². The molecule has 6 aromatic heterocycles. The molecule has 200 valence electrons. The van der Waals surface area contributed by atoms with Crippen LogP contribution >= 0.6 is 0 Å². The summed E-state index contributed by atoms with van der Waals surface area (Å²) in [6, 6.07) is 18.2. The summed E-state index contributed by atoms with van der Waals surface area (Å²) in [6.07, 6.45) is 9.54. The fourth-order valence-electron chi connectivity index (χ4n) is 3.07. The molecule has 0 saturated carbocycles. The maximum atomic E-state index is 4.28. The van der Waals surface area contributed by atoms with Crippen LogP contribution in [0.15, 0.2) is 85.6 Å². The van der Waals surface area contributed by atoms with Crippen LogP contribution in [0.1, 0.15) is 57.7 Å². The Morgan fingerprint density at radius 3 is 1.81 bits per heavy atom. The molecular formula is C30H51N6+. The van der Waals surface area contributed by atoms with Crippen LogP contribution in [0, 0.1) is 6.92 Å². The van der Waals surface area contributed by atoms with Crippen LogP contribution in [0.2, 0.25) is 0 Å². The molecule has 0 saturated heterocycles. The van der Waals surface area contributed by atoms with Gasteiger partial charge in [0.25, 0.3) is 5.65 Å². The first kappa shape index (κ1) is 39.3. The van der Waals surface area contributed by atoms with E-state index in [4.69, 9.17) is 0 Å². The molecule has 6 nitrogen and oxygen atoms in total. The molecule has 36 heavy (non-hydrogen) atoms. The van der Waals surface area contributed by atoms with E-state index in [9.17, 15) is 0 Å². The molecule has 0 aromatic carbocycles. The van der Waals surface area contributed by atoms with Gasteiger partial charge in [-0.05, 0) is 61.5 Å². The van der Waals surface area contributed by atoms with Gasteiger partial charge in [-0.15, -0.1) is 0 Å². The highest BCUT2D eigenvalue weighted by atomic mass is 15.0. The predicted molar refractivity (Wildman–Crippen MR) is 164 cm³/mol.